The van der Waals surface area contributed by atoms with E-state index in [1.165, 1.54) is 11.8 Å². The van der Waals surface area contributed by atoms with Crippen molar-refractivity contribution in [3.05, 3.63) is 40.9 Å². The molecular formula is C12H13NOS. The van der Waals surface area contributed by atoms with E-state index in [4.69, 9.17) is 5.73 Å². The van der Waals surface area contributed by atoms with Crippen molar-refractivity contribution in [2.75, 3.05) is 0 Å². The summed E-state index contributed by atoms with van der Waals surface area (Å²) in [4.78, 5) is 13.5. The minimum absolute atomic E-state index is 0.188. The Hall–Kier alpha value is -1.22. The van der Waals surface area contributed by atoms with Gasteiger partial charge in [0.2, 0.25) is 0 Å². The van der Waals surface area contributed by atoms with Gasteiger partial charge in [-0.05, 0) is 25.0 Å². The first-order chi connectivity index (χ1) is 7.27. The van der Waals surface area contributed by atoms with E-state index in [9.17, 15) is 4.79 Å². The highest BCUT2D eigenvalue weighted by molar-refractivity contribution is 8.04. The van der Waals surface area contributed by atoms with E-state index in [0.29, 0.717) is 6.42 Å². The third kappa shape index (κ3) is 2.42. The molecule has 0 saturated carbocycles. The second-order valence-corrected chi connectivity index (χ2v) is 4.63. The Bertz CT molecular complexity index is 397. The van der Waals surface area contributed by atoms with Gasteiger partial charge in [-0.3, -0.25) is 4.79 Å². The summed E-state index contributed by atoms with van der Waals surface area (Å²) in [7, 11) is 0. The summed E-state index contributed by atoms with van der Waals surface area (Å²) in [5, 5.41) is 0. The van der Waals surface area contributed by atoms with E-state index in [1.54, 1.807) is 0 Å². The molecule has 0 aromatic heterocycles. The molecule has 0 unspecified atom stereocenters. The van der Waals surface area contributed by atoms with Gasteiger partial charge in [0.15, 0.2) is 5.78 Å². The standard InChI is InChI=1S/C12H13NOS/c13-10-7-4-8-11(14)12(10)15-9-5-2-1-3-6-9/h1-3,5-6H,4,7-8,13H2. The first-order valence-corrected chi connectivity index (χ1v) is 5.84. The summed E-state index contributed by atoms with van der Waals surface area (Å²) < 4.78 is 0. The van der Waals surface area contributed by atoms with E-state index < -0.39 is 0 Å². The molecule has 0 amide bonds. The van der Waals surface area contributed by atoms with Gasteiger partial charge in [0.1, 0.15) is 0 Å². The van der Waals surface area contributed by atoms with E-state index in [0.717, 1.165) is 28.3 Å². The van der Waals surface area contributed by atoms with Crippen LogP contribution in [-0.2, 0) is 4.79 Å². The highest BCUT2D eigenvalue weighted by atomic mass is 32.2. The van der Waals surface area contributed by atoms with Crippen LogP contribution in [0, 0.1) is 0 Å². The third-order valence-corrected chi connectivity index (χ3v) is 3.56. The monoisotopic (exact) mass is 219 g/mol. The van der Waals surface area contributed by atoms with E-state index in [2.05, 4.69) is 0 Å². The normalized spacial score (nSPS) is 16.9. The lowest BCUT2D eigenvalue weighted by Gasteiger charge is -2.15. The molecule has 0 atom stereocenters. The van der Waals surface area contributed by atoms with Crippen molar-refractivity contribution in [3.63, 3.8) is 0 Å². The minimum Gasteiger partial charge on any atom is -0.401 e. The van der Waals surface area contributed by atoms with Crippen LogP contribution in [0.4, 0.5) is 0 Å². The summed E-state index contributed by atoms with van der Waals surface area (Å²) in [5.74, 6) is 0.188. The number of rotatable bonds is 2. The summed E-state index contributed by atoms with van der Waals surface area (Å²) in [6.07, 6.45) is 2.38. The fourth-order valence-corrected chi connectivity index (χ4v) is 2.55. The maximum absolute atomic E-state index is 11.7. The van der Waals surface area contributed by atoms with Gasteiger partial charge < -0.3 is 5.73 Å². The first-order valence-electron chi connectivity index (χ1n) is 5.02. The molecule has 0 spiro atoms. The molecule has 0 saturated heterocycles. The van der Waals surface area contributed by atoms with Gasteiger partial charge in [0.25, 0.3) is 0 Å². The molecule has 2 nitrogen and oxygen atoms in total. The van der Waals surface area contributed by atoms with E-state index >= 15 is 0 Å². The predicted molar refractivity (Wildman–Crippen MR) is 62.4 cm³/mol. The largest absolute Gasteiger partial charge is 0.401 e. The maximum atomic E-state index is 11.7. The van der Waals surface area contributed by atoms with Crippen molar-refractivity contribution in [2.24, 2.45) is 5.73 Å². The molecule has 1 aliphatic carbocycles. The highest BCUT2D eigenvalue weighted by Gasteiger charge is 2.19. The molecule has 0 bridgehead atoms. The van der Waals surface area contributed by atoms with Crippen LogP contribution in [-0.4, -0.2) is 5.78 Å². The molecule has 0 heterocycles. The average Bonchev–Trinajstić information content (AvgIpc) is 2.25. The number of carbonyl (C=O) groups is 1. The molecule has 3 heteroatoms. The van der Waals surface area contributed by atoms with Gasteiger partial charge in [-0.1, -0.05) is 30.0 Å². The third-order valence-electron chi connectivity index (χ3n) is 2.36. The van der Waals surface area contributed by atoms with Crippen molar-refractivity contribution in [1.82, 2.24) is 0 Å². The van der Waals surface area contributed by atoms with Gasteiger partial charge in [-0.15, -0.1) is 0 Å². The van der Waals surface area contributed by atoms with Crippen LogP contribution in [0.1, 0.15) is 19.3 Å². The molecule has 0 radical (unpaired) electrons. The number of carbonyl (C=O) groups excluding carboxylic acids is 1. The van der Waals surface area contributed by atoms with Crippen molar-refractivity contribution >= 4 is 17.5 Å². The molecule has 0 aliphatic heterocycles. The Morgan fingerprint density at radius 3 is 2.53 bits per heavy atom. The number of ketones is 1. The SMILES string of the molecule is NC1=C(Sc2ccccc2)C(=O)CCC1. The topological polar surface area (TPSA) is 43.1 Å². The highest BCUT2D eigenvalue weighted by Crippen LogP contribution is 2.33. The van der Waals surface area contributed by atoms with Crippen molar-refractivity contribution in [3.8, 4) is 0 Å². The molecule has 0 fully saturated rings. The Morgan fingerprint density at radius 1 is 1.13 bits per heavy atom. The fourth-order valence-electron chi connectivity index (χ4n) is 1.57. The van der Waals surface area contributed by atoms with Crippen LogP contribution in [0.3, 0.4) is 0 Å². The lowest BCUT2D eigenvalue weighted by molar-refractivity contribution is -0.115. The van der Waals surface area contributed by atoms with Gasteiger partial charge >= 0.3 is 0 Å². The van der Waals surface area contributed by atoms with Gasteiger partial charge in [0, 0.05) is 17.0 Å². The van der Waals surface area contributed by atoms with Crippen LogP contribution in [0.15, 0.2) is 45.8 Å². The zero-order valence-electron chi connectivity index (χ0n) is 8.40. The van der Waals surface area contributed by atoms with Crippen LogP contribution >= 0.6 is 11.8 Å². The zero-order valence-corrected chi connectivity index (χ0v) is 9.22. The number of hydrogen-bond acceptors (Lipinski definition) is 3. The Balaban J connectivity index is 2.21. The van der Waals surface area contributed by atoms with Gasteiger partial charge in [0.05, 0.1) is 4.91 Å². The molecular weight excluding hydrogens is 206 g/mol. The Morgan fingerprint density at radius 2 is 1.87 bits per heavy atom. The maximum Gasteiger partial charge on any atom is 0.171 e. The quantitative estimate of drug-likeness (QED) is 0.831. The van der Waals surface area contributed by atoms with Crippen LogP contribution < -0.4 is 5.73 Å². The summed E-state index contributed by atoms with van der Waals surface area (Å²) >= 11 is 1.49. The smallest absolute Gasteiger partial charge is 0.171 e. The van der Waals surface area contributed by atoms with Crippen LogP contribution in [0.2, 0.25) is 0 Å². The predicted octanol–water partition coefficient (Wildman–Crippen LogP) is 2.70. The number of nitrogens with two attached hydrogens (primary N) is 1. The summed E-state index contributed by atoms with van der Waals surface area (Å²) in [6, 6.07) is 9.88. The van der Waals surface area contributed by atoms with Gasteiger partial charge in [-0.25, -0.2) is 0 Å². The summed E-state index contributed by atoms with van der Waals surface area (Å²) in [6.45, 7) is 0. The van der Waals surface area contributed by atoms with Crippen molar-refractivity contribution in [2.45, 2.75) is 24.2 Å². The number of benzene rings is 1. The lowest BCUT2D eigenvalue weighted by Crippen LogP contribution is -2.14. The Labute approximate surface area is 93.6 Å². The lowest BCUT2D eigenvalue weighted by atomic mass is 10.0. The van der Waals surface area contributed by atoms with Gasteiger partial charge in [-0.2, -0.15) is 0 Å². The molecule has 15 heavy (non-hydrogen) atoms. The number of thioether (sulfide) groups is 1. The zero-order chi connectivity index (χ0) is 10.7. The average molecular weight is 219 g/mol. The molecule has 78 valence electrons. The first kappa shape index (κ1) is 10.3. The number of Topliss-reactive ketones (excluding diaryl/α,β-unsaturated/α-hetero) is 1. The number of allylic oxidation sites excluding steroid dienone is 2. The Kier molecular flexibility index (Phi) is 3.11. The van der Waals surface area contributed by atoms with E-state index in [1.807, 2.05) is 30.3 Å². The second kappa shape index (κ2) is 4.53. The molecule has 1 aromatic carbocycles. The fraction of sp³-hybridized carbons (Fsp3) is 0.250. The summed E-state index contributed by atoms with van der Waals surface area (Å²) in [5.41, 5.74) is 6.61. The van der Waals surface area contributed by atoms with Crippen molar-refractivity contribution in [1.29, 1.82) is 0 Å². The van der Waals surface area contributed by atoms with E-state index in [-0.39, 0.29) is 5.78 Å². The molecule has 2 N–H and O–H groups in total. The second-order valence-electron chi connectivity index (χ2n) is 3.55. The van der Waals surface area contributed by atoms with Crippen LogP contribution in [0.5, 0.6) is 0 Å². The molecule has 2 rings (SSSR count). The minimum atomic E-state index is 0.188. The molecule has 1 aliphatic rings. The number of hydrogen-bond donors (Lipinski definition) is 1. The van der Waals surface area contributed by atoms with Crippen LogP contribution in [0.25, 0.3) is 0 Å². The molecule has 1 aromatic rings. The van der Waals surface area contributed by atoms with Crippen molar-refractivity contribution < 1.29 is 4.79 Å².